The lowest BCUT2D eigenvalue weighted by molar-refractivity contribution is 0.311. The van der Waals surface area contributed by atoms with Gasteiger partial charge in [0, 0.05) is 30.9 Å². The van der Waals surface area contributed by atoms with Crippen molar-refractivity contribution in [3.63, 3.8) is 0 Å². The number of aromatic nitrogens is 1. The number of hydrogen-bond acceptors (Lipinski definition) is 5. The molecule has 0 aliphatic rings. The van der Waals surface area contributed by atoms with Gasteiger partial charge in [0.05, 0.1) is 19.4 Å². The topological polar surface area (TPSA) is 80.9 Å². The average molecular weight is 488 g/mol. The lowest BCUT2D eigenvalue weighted by Crippen LogP contribution is -2.31. The van der Waals surface area contributed by atoms with Crippen LogP contribution in [0.3, 0.4) is 0 Å². The zero-order valence-corrected chi connectivity index (χ0v) is 18.9. The zero-order valence-electron chi connectivity index (χ0n) is 16.6. The summed E-state index contributed by atoms with van der Waals surface area (Å²) in [4.78, 5) is 4.26. The first kappa shape index (κ1) is 23.1. The Labute approximate surface area is 177 Å². The Morgan fingerprint density at radius 1 is 1.26 bits per heavy atom. The van der Waals surface area contributed by atoms with Gasteiger partial charge in [-0.05, 0) is 45.7 Å². The van der Waals surface area contributed by atoms with E-state index in [4.69, 9.17) is 14.0 Å². The summed E-state index contributed by atoms with van der Waals surface area (Å²) in [6.07, 6.45) is 1.87. The summed E-state index contributed by atoms with van der Waals surface area (Å²) in [5.74, 6) is 3.01. The molecule has 1 aromatic carbocycles. The van der Waals surface area contributed by atoms with Crippen LogP contribution in [-0.2, 0) is 6.42 Å². The lowest BCUT2D eigenvalue weighted by Gasteiger charge is -2.14. The van der Waals surface area contributed by atoms with Gasteiger partial charge in [-0.3, -0.25) is 4.99 Å². The summed E-state index contributed by atoms with van der Waals surface area (Å²) in [6, 6.07) is 5.70. The largest absolute Gasteiger partial charge is 0.493 e. The van der Waals surface area contributed by atoms with Crippen molar-refractivity contribution < 1.29 is 14.0 Å². The second-order valence-corrected chi connectivity index (χ2v) is 5.83. The SMILES string of the molecule is CCOc1cc(NC(=NC)NCCCc2c(C)noc2C)ccc1OC.I. The van der Waals surface area contributed by atoms with E-state index >= 15 is 0 Å². The van der Waals surface area contributed by atoms with Crippen molar-refractivity contribution in [2.75, 3.05) is 32.6 Å². The highest BCUT2D eigenvalue weighted by atomic mass is 127. The summed E-state index contributed by atoms with van der Waals surface area (Å²) >= 11 is 0. The Kier molecular flexibility index (Phi) is 9.98. The number of methoxy groups -OCH3 is 1. The molecule has 0 saturated heterocycles. The third-order valence-electron chi connectivity index (χ3n) is 4.03. The maximum absolute atomic E-state index is 5.61. The Hall–Kier alpha value is -1.97. The smallest absolute Gasteiger partial charge is 0.195 e. The monoisotopic (exact) mass is 488 g/mol. The van der Waals surface area contributed by atoms with E-state index in [9.17, 15) is 0 Å². The van der Waals surface area contributed by atoms with Gasteiger partial charge in [-0.2, -0.15) is 0 Å². The number of nitrogens with zero attached hydrogens (tertiary/aromatic N) is 2. The highest BCUT2D eigenvalue weighted by molar-refractivity contribution is 14.0. The van der Waals surface area contributed by atoms with Crippen molar-refractivity contribution in [3.05, 3.63) is 35.2 Å². The van der Waals surface area contributed by atoms with Crippen LogP contribution in [0.4, 0.5) is 5.69 Å². The van der Waals surface area contributed by atoms with Crippen LogP contribution in [0.2, 0.25) is 0 Å². The molecule has 0 atom stereocenters. The fraction of sp³-hybridized carbons (Fsp3) is 0.474. The van der Waals surface area contributed by atoms with Crippen LogP contribution in [0.1, 0.15) is 30.4 Å². The van der Waals surface area contributed by atoms with Crippen molar-refractivity contribution in [1.82, 2.24) is 10.5 Å². The normalized spacial score (nSPS) is 10.9. The van der Waals surface area contributed by atoms with Crippen LogP contribution in [0.5, 0.6) is 11.5 Å². The van der Waals surface area contributed by atoms with Gasteiger partial charge in [0.1, 0.15) is 5.76 Å². The maximum atomic E-state index is 5.61. The molecule has 0 radical (unpaired) electrons. The van der Waals surface area contributed by atoms with E-state index in [2.05, 4.69) is 20.8 Å². The van der Waals surface area contributed by atoms with Gasteiger partial charge in [-0.15, -0.1) is 24.0 Å². The van der Waals surface area contributed by atoms with Crippen molar-refractivity contribution >= 4 is 35.6 Å². The molecular formula is C19H29IN4O3. The molecular weight excluding hydrogens is 459 g/mol. The molecule has 27 heavy (non-hydrogen) atoms. The summed E-state index contributed by atoms with van der Waals surface area (Å²) in [5, 5.41) is 10.6. The predicted molar refractivity (Wildman–Crippen MR) is 119 cm³/mol. The third kappa shape index (κ3) is 6.60. The third-order valence-corrected chi connectivity index (χ3v) is 4.03. The van der Waals surface area contributed by atoms with Crippen LogP contribution < -0.4 is 20.1 Å². The minimum absolute atomic E-state index is 0. The van der Waals surface area contributed by atoms with Gasteiger partial charge in [-0.25, -0.2) is 0 Å². The molecule has 0 fully saturated rings. The molecule has 8 heteroatoms. The number of ether oxygens (including phenoxy) is 2. The number of aryl methyl sites for hydroxylation is 2. The van der Waals surface area contributed by atoms with Crippen LogP contribution in [0, 0.1) is 13.8 Å². The van der Waals surface area contributed by atoms with Gasteiger partial charge >= 0.3 is 0 Å². The van der Waals surface area contributed by atoms with Gasteiger partial charge in [0.2, 0.25) is 0 Å². The molecule has 2 rings (SSSR count). The summed E-state index contributed by atoms with van der Waals surface area (Å²) in [6.45, 7) is 7.23. The first-order valence-corrected chi connectivity index (χ1v) is 8.79. The minimum Gasteiger partial charge on any atom is -0.493 e. The summed E-state index contributed by atoms with van der Waals surface area (Å²) in [5.41, 5.74) is 3.03. The summed E-state index contributed by atoms with van der Waals surface area (Å²) < 4.78 is 16.1. The van der Waals surface area contributed by atoms with Crippen molar-refractivity contribution in [2.24, 2.45) is 4.99 Å². The zero-order chi connectivity index (χ0) is 18.9. The lowest BCUT2D eigenvalue weighted by atomic mass is 10.1. The minimum atomic E-state index is 0. The van der Waals surface area contributed by atoms with E-state index in [-0.39, 0.29) is 24.0 Å². The number of halogens is 1. The van der Waals surface area contributed by atoms with Gasteiger partial charge in [0.15, 0.2) is 17.5 Å². The quantitative estimate of drug-likeness (QED) is 0.254. The van der Waals surface area contributed by atoms with E-state index in [0.717, 1.165) is 36.5 Å². The molecule has 0 saturated carbocycles. The van der Waals surface area contributed by atoms with Crippen LogP contribution >= 0.6 is 24.0 Å². The molecule has 2 N–H and O–H groups in total. The molecule has 1 heterocycles. The number of benzene rings is 1. The van der Waals surface area contributed by atoms with Crippen LogP contribution in [0.15, 0.2) is 27.7 Å². The van der Waals surface area contributed by atoms with Crippen molar-refractivity contribution in [1.29, 1.82) is 0 Å². The molecule has 2 aromatic rings. The number of hydrogen-bond donors (Lipinski definition) is 2. The van der Waals surface area contributed by atoms with Gasteiger partial charge in [-0.1, -0.05) is 5.16 Å². The average Bonchev–Trinajstić information content (AvgIpc) is 2.96. The van der Waals surface area contributed by atoms with E-state index in [0.29, 0.717) is 24.1 Å². The number of nitrogens with one attached hydrogen (secondary N) is 2. The highest BCUT2D eigenvalue weighted by Gasteiger charge is 2.09. The van der Waals surface area contributed by atoms with E-state index in [1.807, 2.05) is 39.0 Å². The molecule has 150 valence electrons. The maximum Gasteiger partial charge on any atom is 0.195 e. The molecule has 0 bridgehead atoms. The number of guanidine groups is 1. The predicted octanol–water partition coefficient (Wildman–Crippen LogP) is 3.94. The first-order valence-electron chi connectivity index (χ1n) is 8.79. The molecule has 7 nitrogen and oxygen atoms in total. The molecule has 0 amide bonds. The molecule has 0 unspecified atom stereocenters. The standard InChI is InChI=1S/C19H28N4O3.HI/c1-6-25-18-12-15(9-10-17(18)24-5)22-19(20-4)21-11-7-8-16-13(2)23-26-14(16)3;/h9-10,12H,6-8,11H2,1-5H3,(H2,20,21,22);1H. The van der Waals surface area contributed by atoms with Crippen molar-refractivity contribution in [2.45, 2.75) is 33.6 Å². The Bertz CT molecular complexity index is 727. The van der Waals surface area contributed by atoms with Crippen molar-refractivity contribution in [3.8, 4) is 11.5 Å². The highest BCUT2D eigenvalue weighted by Crippen LogP contribution is 2.30. The summed E-state index contributed by atoms with van der Waals surface area (Å²) in [7, 11) is 3.38. The second-order valence-electron chi connectivity index (χ2n) is 5.83. The molecule has 0 aliphatic carbocycles. The number of anilines is 1. The van der Waals surface area contributed by atoms with Crippen LogP contribution in [-0.4, -0.2) is 38.4 Å². The molecule has 1 aromatic heterocycles. The Morgan fingerprint density at radius 3 is 2.63 bits per heavy atom. The number of rotatable bonds is 8. The Balaban J connectivity index is 0.00000364. The second kappa shape index (κ2) is 11.7. The van der Waals surface area contributed by atoms with E-state index in [1.54, 1.807) is 14.2 Å². The van der Waals surface area contributed by atoms with Gasteiger partial charge in [0.25, 0.3) is 0 Å². The Morgan fingerprint density at radius 2 is 2.04 bits per heavy atom. The molecule has 0 aliphatic heterocycles. The molecule has 0 spiro atoms. The first-order chi connectivity index (χ1) is 12.6. The van der Waals surface area contributed by atoms with E-state index < -0.39 is 0 Å². The fourth-order valence-corrected chi connectivity index (χ4v) is 2.67. The fourth-order valence-electron chi connectivity index (χ4n) is 2.67. The van der Waals surface area contributed by atoms with Gasteiger partial charge < -0.3 is 24.6 Å². The number of aliphatic imine (C=N–C) groups is 1. The van der Waals surface area contributed by atoms with E-state index in [1.165, 1.54) is 5.56 Å². The van der Waals surface area contributed by atoms with Crippen LogP contribution in [0.25, 0.3) is 0 Å².